The summed E-state index contributed by atoms with van der Waals surface area (Å²) in [4.78, 5) is 14.5. The second-order valence-electron chi connectivity index (χ2n) is 9.13. The molecule has 3 atom stereocenters. The molecule has 1 N–H and O–H groups in total. The van der Waals surface area contributed by atoms with E-state index in [0.717, 1.165) is 43.1 Å². The van der Waals surface area contributed by atoms with E-state index in [1.54, 1.807) is 6.07 Å². The maximum Gasteiger partial charge on any atom is 0.250 e. The van der Waals surface area contributed by atoms with Gasteiger partial charge in [-0.15, -0.1) is 0 Å². The minimum Gasteiger partial charge on any atom is -0.491 e. The molecule has 2 bridgehead atoms. The van der Waals surface area contributed by atoms with E-state index < -0.39 is 6.10 Å². The monoisotopic (exact) mass is 446 g/mol. The van der Waals surface area contributed by atoms with Gasteiger partial charge in [0.1, 0.15) is 30.8 Å². The van der Waals surface area contributed by atoms with Crippen molar-refractivity contribution in [2.75, 3.05) is 26.2 Å². The Morgan fingerprint density at radius 2 is 1.64 bits per heavy atom. The first kappa shape index (κ1) is 21.7. The van der Waals surface area contributed by atoms with Gasteiger partial charge in [0.05, 0.1) is 0 Å². The number of pyridine rings is 1. The van der Waals surface area contributed by atoms with Gasteiger partial charge in [0.2, 0.25) is 0 Å². The Kier molecular flexibility index (Phi) is 6.46. The van der Waals surface area contributed by atoms with E-state index in [1.165, 1.54) is 0 Å². The predicted octanol–water partition coefficient (Wildman–Crippen LogP) is 3.29. The van der Waals surface area contributed by atoms with Gasteiger partial charge in [0.15, 0.2) is 0 Å². The van der Waals surface area contributed by atoms with E-state index in [1.807, 2.05) is 65.2 Å². The first-order chi connectivity index (χ1) is 16.1. The van der Waals surface area contributed by atoms with Crippen LogP contribution in [0, 0.1) is 5.92 Å². The van der Waals surface area contributed by atoms with Crippen LogP contribution in [0.3, 0.4) is 0 Å². The molecule has 0 aliphatic carbocycles. The molecule has 0 amide bonds. The highest BCUT2D eigenvalue weighted by Gasteiger charge is 2.34. The number of aliphatic hydroxyl groups is 1. The van der Waals surface area contributed by atoms with Crippen LogP contribution in [0.1, 0.15) is 23.6 Å². The van der Waals surface area contributed by atoms with E-state index in [-0.39, 0.29) is 12.2 Å². The quantitative estimate of drug-likeness (QED) is 0.575. The molecule has 33 heavy (non-hydrogen) atoms. The Bertz CT molecular complexity index is 1110. The molecule has 172 valence electrons. The van der Waals surface area contributed by atoms with Crippen molar-refractivity contribution in [2.24, 2.45) is 5.92 Å². The number of likely N-dealkylation sites (tertiary alicyclic amines) is 1. The van der Waals surface area contributed by atoms with E-state index in [9.17, 15) is 9.90 Å². The zero-order valence-corrected chi connectivity index (χ0v) is 18.7. The maximum atomic E-state index is 12.2. The van der Waals surface area contributed by atoms with Gasteiger partial charge in [-0.3, -0.25) is 9.69 Å². The zero-order chi connectivity index (χ0) is 22.6. The minimum atomic E-state index is -0.573. The number of benzene rings is 2. The summed E-state index contributed by atoms with van der Waals surface area (Å²) in [5.41, 5.74) is 2.35. The lowest BCUT2D eigenvalue weighted by Gasteiger charge is -2.43. The van der Waals surface area contributed by atoms with Gasteiger partial charge in [-0.25, -0.2) is 0 Å². The minimum absolute atomic E-state index is 0.0977. The molecule has 0 radical (unpaired) electrons. The number of β-amino-alcohol motifs (C(OH)–C–C–N with tert-alkyl or cyclic N) is 1. The Morgan fingerprint density at radius 1 is 0.879 bits per heavy atom. The number of fused-ring (bicyclic) bond motifs is 4. The second-order valence-corrected chi connectivity index (χ2v) is 9.13. The molecule has 0 spiro atoms. The largest absolute Gasteiger partial charge is 0.491 e. The van der Waals surface area contributed by atoms with Gasteiger partial charge >= 0.3 is 0 Å². The van der Waals surface area contributed by atoms with Crippen LogP contribution in [0.15, 0.2) is 77.6 Å². The summed E-state index contributed by atoms with van der Waals surface area (Å²) in [5.74, 6) is 2.30. The number of rotatable bonds is 8. The Hall–Kier alpha value is -3.09. The van der Waals surface area contributed by atoms with Crippen LogP contribution in [-0.4, -0.2) is 46.9 Å². The normalized spacial score (nSPS) is 20.6. The second kappa shape index (κ2) is 9.81. The fourth-order valence-electron chi connectivity index (χ4n) is 5.06. The maximum absolute atomic E-state index is 12.2. The Labute approximate surface area is 194 Å². The first-order valence-electron chi connectivity index (χ1n) is 11.6. The van der Waals surface area contributed by atoms with Gasteiger partial charge < -0.3 is 19.1 Å². The average molecular weight is 447 g/mol. The summed E-state index contributed by atoms with van der Waals surface area (Å²) >= 11 is 0. The van der Waals surface area contributed by atoms with E-state index in [4.69, 9.17) is 9.47 Å². The van der Waals surface area contributed by atoms with Gasteiger partial charge in [-0.05, 0) is 48.2 Å². The summed E-state index contributed by atoms with van der Waals surface area (Å²) in [5, 5.41) is 10.6. The molecule has 3 aromatic rings. The van der Waals surface area contributed by atoms with Crippen LogP contribution in [0.2, 0.25) is 0 Å². The van der Waals surface area contributed by atoms with Crippen molar-refractivity contribution in [3.05, 3.63) is 94.4 Å². The highest BCUT2D eigenvalue weighted by molar-refractivity contribution is 5.31. The zero-order valence-electron chi connectivity index (χ0n) is 18.7. The molecule has 1 unspecified atom stereocenters. The molecule has 6 heteroatoms. The van der Waals surface area contributed by atoms with Crippen molar-refractivity contribution >= 4 is 0 Å². The third-order valence-electron chi connectivity index (χ3n) is 6.54. The van der Waals surface area contributed by atoms with E-state index in [2.05, 4.69) is 11.0 Å². The molecular formula is C27H30N2O4. The smallest absolute Gasteiger partial charge is 0.250 e. The summed E-state index contributed by atoms with van der Waals surface area (Å²) in [6, 6.07) is 23.1. The lowest BCUT2D eigenvalue weighted by Crippen LogP contribution is -2.49. The van der Waals surface area contributed by atoms with Crippen LogP contribution in [0.4, 0.5) is 0 Å². The molecule has 2 aromatic carbocycles. The molecule has 2 aliphatic heterocycles. The average Bonchev–Trinajstić information content (AvgIpc) is 2.83. The SMILES string of the molecule is O=c1cccc2n1C[C@@H]1C[C@@H]2CN(CC(O)COc2ccc(OCc3ccccc3)cc2)C1. The highest BCUT2D eigenvalue weighted by atomic mass is 16.5. The highest BCUT2D eigenvalue weighted by Crippen LogP contribution is 2.34. The molecule has 1 aromatic heterocycles. The number of hydrogen-bond acceptors (Lipinski definition) is 5. The summed E-state index contributed by atoms with van der Waals surface area (Å²) in [6.07, 6.45) is 0.543. The van der Waals surface area contributed by atoms with Crippen molar-refractivity contribution in [3.63, 3.8) is 0 Å². The molecule has 1 fully saturated rings. The molecular weight excluding hydrogens is 416 g/mol. The van der Waals surface area contributed by atoms with Gasteiger partial charge in [0.25, 0.3) is 5.56 Å². The van der Waals surface area contributed by atoms with Gasteiger partial charge in [-0.2, -0.15) is 0 Å². The summed E-state index contributed by atoms with van der Waals surface area (Å²) in [6.45, 7) is 3.88. The number of aliphatic hydroxyl groups excluding tert-OH is 1. The molecule has 2 aliphatic rings. The van der Waals surface area contributed by atoms with Crippen molar-refractivity contribution in [2.45, 2.75) is 31.6 Å². The predicted molar refractivity (Wildman–Crippen MR) is 127 cm³/mol. The first-order valence-corrected chi connectivity index (χ1v) is 11.6. The van der Waals surface area contributed by atoms with Crippen molar-refractivity contribution < 1.29 is 14.6 Å². The lowest BCUT2D eigenvalue weighted by atomic mass is 9.83. The number of nitrogens with zero attached hydrogens (tertiary/aromatic N) is 2. The summed E-state index contributed by atoms with van der Waals surface area (Å²) in [7, 11) is 0. The Morgan fingerprint density at radius 3 is 2.42 bits per heavy atom. The van der Waals surface area contributed by atoms with Crippen molar-refractivity contribution in [1.29, 1.82) is 0 Å². The van der Waals surface area contributed by atoms with Crippen LogP contribution < -0.4 is 15.0 Å². The van der Waals surface area contributed by atoms with Crippen molar-refractivity contribution in [1.82, 2.24) is 9.47 Å². The van der Waals surface area contributed by atoms with Gasteiger partial charge in [0, 0.05) is 43.9 Å². The fourth-order valence-corrected chi connectivity index (χ4v) is 5.06. The van der Waals surface area contributed by atoms with Crippen LogP contribution in [0.5, 0.6) is 11.5 Å². The van der Waals surface area contributed by atoms with E-state index >= 15 is 0 Å². The molecule has 6 nitrogen and oxygen atoms in total. The molecule has 5 rings (SSSR count). The standard InChI is InChI=1S/C27H30N2O4/c30-23(17-28-14-21-13-22(16-28)26-7-4-8-27(31)29(26)15-21)19-33-25-11-9-24(10-12-25)32-18-20-5-2-1-3-6-20/h1-12,21-23,30H,13-19H2/t21-,22-,23?/m1/s1. The van der Waals surface area contributed by atoms with Gasteiger partial charge in [-0.1, -0.05) is 36.4 Å². The number of hydrogen-bond donors (Lipinski definition) is 1. The topological polar surface area (TPSA) is 63.9 Å². The van der Waals surface area contributed by atoms with Crippen molar-refractivity contribution in [3.8, 4) is 11.5 Å². The van der Waals surface area contributed by atoms with Crippen LogP contribution in [-0.2, 0) is 13.2 Å². The number of aromatic nitrogens is 1. The lowest BCUT2D eigenvalue weighted by molar-refractivity contribution is 0.0384. The fraction of sp³-hybridized carbons (Fsp3) is 0.370. The van der Waals surface area contributed by atoms with E-state index in [0.29, 0.717) is 30.7 Å². The molecule has 0 saturated carbocycles. The third kappa shape index (κ3) is 5.29. The number of piperidine rings is 1. The van der Waals surface area contributed by atoms with Crippen LogP contribution >= 0.6 is 0 Å². The molecule has 3 heterocycles. The third-order valence-corrected chi connectivity index (χ3v) is 6.54. The van der Waals surface area contributed by atoms with Crippen LogP contribution in [0.25, 0.3) is 0 Å². The summed E-state index contributed by atoms with van der Waals surface area (Å²) < 4.78 is 13.6. The number of ether oxygens (including phenoxy) is 2. The Balaban J connectivity index is 1.09. The molecule has 1 saturated heterocycles.